The van der Waals surface area contributed by atoms with E-state index in [-0.39, 0.29) is 22.8 Å². The van der Waals surface area contributed by atoms with Crippen molar-refractivity contribution in [1.82, 2.24) is 9.62 Å². The molecule has 1 amide bonds. The van der Waals surface area contributed by atoms with Gasteiger partial charge in [-0.25, -0.2) is 8.42 Å². The van der Waals surface area contributed by atoms with E-state index in [9.17, 15) is 26.4 Å². The minimum absolute atomic E-state index is 0.00277. The summed E-state index contributed by atoms with van der Waals surface area (Å²) in [5.41, 5.74) is -0.172. The number of carbonyl (C=O) groups excluding carboxylic acids is 1. The van der Waals surface area contributed by atoms with Crippen molar-refractivity contribution in [2.75, 3.05) is 20.2 Å². The number of rotatable bonds is 6. The number of ether oxygens (including phenoxy) is 1. The number of benzene rings is 2. The van der Waals surface area contributed by atoms with E-state index in [1.807, 2.05) is 0 Å². The molecule has 0 aliphatic carbocycles. The number of carbonyl (C=O) groups is 1. The first-order valence-electron chi connectivity index (χ1n) is 10.3. The van der Waals surface area contributed by atoms with Gasteiger partial charge < -0.3 is 10.1 Å². The third-order valence-electron chi connectivity index (χ3n) is 5.34. The van der Waals surface area contributed by atoms with Crippen LogP contribution in [0.1, 0.15) is 47.2 Å². The van der Waals surface area contributed by atoms with Crippen LogP contribution in [-0.2, 0) is 22.7 Å². The summed E-state index contributed by atoms with van der Waals surface area (Å²) in [4.78, 5) is 12.5. The summed E-state index contributed by atoms with van der Waals surface area (Å²) < 4.78 is 71.1. The van der Waals surface area contributed by atoms with Crippen molar-refractivity contribution in [3.8, 4) is 5.75 Å². The number of alkyl halides is 3. The number of nitrogens with one attached hydrogen (secondary N) is 1. The zero-order chi connectivity index (χ0) is 23.4. The van der Waals surface area contributed by atoms with Gasteiger partial charge in [0.05, 0.1) is 12.7 Å². The second-order valence-corrected chi connectivity index (χ2v) is 9.47. The number of nitrogens with zero attached hydrogens (tertiary/aromatic N) is 1. The minimum Gasteiger partial charge on any atom is -0.495 e. The van der Waals surface area contributed by atoms with Gasteiger partial charge in [-0.1, -0.05) is 25.0 Å². The van der Waals surface area contributed by atoms with E-state index in [1.54, 1.807) is 0 Å². The molecule has 0 unspecified atom stereocenters. The fourth-order valence-electron chi connectivity index (χ4n) is 3.54. The second kappa shape index (κ2) is 9.91. The average Bonchev–Trinajstić information content (AvgIpc) is 3.07. The first-order chi connectivity index (χ1) is 15.1. The van der Waals surface area contributed by atoms with Crippen molar-refractivity contribution in [3.63, 3.8) is 0 Å². The van der Waals surface area contributed by atoms with Crippen LogP contribution in [-0.4, -0.2) is 38.8 Å². The molecule has 1 fully saturated rings. The number of hydrogen-bond acceptors (Lipinski definition) is 4. The molecule has 32 heavy (non-hydrogen) atoms. The van der Waals surface area contributed by atoms with E-state index >= 15 is 0 Å². The number of halogens is 3. The minimum atomic E-state index is -4.43. The maximum absolute atomic E-state index is 13.2. The summed E-state index contributed by atoms with van der Waals surface area (Å²) >= 11 is 0. The lowest BCUT2D eigenvalue weighted by Gasteiger charge is -2.21. The molecule has 1 aliphatic heterocycles. The van der Waals surface area contributed by atoms with Gasteiger partial charge in [0.25, 0.3) is 5.91 Å². The summed E-state index contributed by atoms with van der Waals surface area (Å²) in [6, 6.07) is 8.61. The molecule has 0 bridgehead atoms. The number of hydrogen-bond donors (Lipinski definition) is 1. The Balaban J connectivity index is 1.77. The van der Waals surface area contributed by atoms with Crippen molar-refractivity contribution in [3.05, 3.63) is 59.2 Å². The molecule has 0 atom stereocenters. The highest BCUT2D eigenvalue weighted by molar-refractivity contribution is 7.89. The Bertz CT molecular complexity index is 1050. The highest BCUT2D eigenvalue weighted by Crippen LogP contribution is 2.30. The van der Waals surface area contributed by atoms with E-state index in [0.29, 0.717) is 18.7 Å². The second-order valence-electron chi connectivity index (χ2n) is 7.56. The smallest absolute Gasteiger partial charge is 0.416 e. The molecule has 1 N–H and O–H groups in total. The third-order valence-corrected chi connectivity index (χ3v) is 7.26. The zero-order valence-corrected chi connectivity index (χ0v) is 18.4. The van der Waals surface area contributed by atoms with Crippen molar-refractivity contribution in [1.29, 1.82) is 0 Å². The molecule has 1 heterocycles. The van der Waals surface area contributed by atoms with Gasteiger partial charge in [0.2, 0.25) is 10.0 Å². The van der Waals surface area contributed by atoms with Gasteiger partial charge in [0.1, 0.15) is 10.6 Å². The Kier molecular flexibility index (Phi) is 7.45. The van der Waals surface area contributed by atoms with Gasteiger partial charge in [0, 0.05) is 25.2 Å². The Hall–Kier alpha value is -2.59. The van der Waals surface area contributed by atoms with Gasteiger partial charge in [-0.2, -0.15) is 17.5 Å². The lowest BCUT2D eigenvalue weighted by molar-refractivity contribution is -0.137. The average molecular weight is 471 g/mol. The van der Waals surface area contributed by atoms with Crippen molar-refractivity contribution in [2.24, 2.45) is 0 Å². The van der Waals surface area contributed by atoms with Crippen LogP contribution >= 0.6 is 0 Å². The van der Waals surface area contributed by atoms with E-state index in [1.165, 1.54) is 41.7 Å². The van der Waals surface area contributed by atoms with Gasteiger partial charge in [0.15, 0.2) is 0 Å². The molecule has 2 aromatic rings. The van der Waals surface area contributed by atoms with Gasteiger partial charge in [-0.05, 0) is 48.7 Å². The van der Waals surface area contributed by atoms with Gasteiger partial charge in [-0.3, -0.25) is 4.79 Å². The molecule has 0 aromatic heterocycles. The Labute approximate surface area is 185 Å². The Morgan fingerprint density at radius 2 is 1.66 bits per heavy atom. The highest BCUT2D eigenvalue weighted by Gasteiger charge is 2.30. The fourth-order valence-corrected chi connectivity index (χ4v) is 5.24. The van der Waals surface area contributed by atoms with E-state index in [0.717, 1.165) is 37.8 Å². The largest absolute Gasteiger partial charge is 0.495 e. The first-order valence-corrected chi connectivity index (χ1v) is 11.7. The predicted octanol–water partition coefficient (Wildman–Crippen LogP) is 4.21. The van der Waals surface area contributed by atoms with Crippen molar-refractivity contribution in [2.45, 2.75) is 43.3 Å². The Morgan fingerprint density at radius 3 is 2.22 bits per heavy atom. The van der Waals surface area contributed by atoms with Crippen molar-refractivity contribution < 1.29 is 31.1 Å². The zero-order valence-electron chi connectivity index (χ0n) is 17.6. The lowest BCUT2D eigenvalue weighted by atomic mass is 10.1. The van der Waals surface area contributed by atoms with Crippen molar-refractivity contribution >= 4 is 15.9 Å². The summed E-state index contributed by atoms with van der Waals surface area (Å²) in [7, 11) is -2.49. The van der Waals surface area contributed by atoms with E-state index in [2.05, 4.69) is 5.32 Å². The van der Waals surface area contributed by atoms with Crippen LogP contribution in [0.15, 0.2) is 47.4 Å². The van der Waals surface area contributed by atoms with Gasteiger partial charge in [-0.15, -0.1) is 0 Å². The summed E-state index contributed by atoms with van der Waals surface area (Å²) in [5, 5.41) is 2.61. The van der Waals surface area contributed by atoms with Crippen LogP contribution in [0.25, 0.3) is 0 Å². The molecule has 0 spiro atoms. The predicted molar refractivity (Wildman–Crippen MR) is 113 cm³/mol. The number of methoxy groups -OCH3 is 1. The quantitative estimate of drug-likeness (QED) is 0.686. The van der Waals surface area contributed by atoms with Crippen LogP contribution in [0.5, 0.6) is 5.75 Å². The monoisotopic (exact) mass is 470 g/mol. The van der Waals surface area contributed by atoms with Crippen LogP contribution in [0.3, 0.4) is 0 Å². The molecular weight excluding hydrogens is 445 g/mol. The fraction of sp³-hybridized carbons (Fsp3) is 0.409. The molecule has 3 rings (SSSR count). The number of sulfonamides is 1. The van der Waals surface area contributed by atoms with Crippen LogP contribution in [0.4, 0.5) is 13.2 Å². The summed E-state index contributed by atoms with van der Waals surface area (Å²) in [6.45, 7) is 0.822. The summed E-state index contributed by atoms with van der Waals surface area (Å²) in [5.74, 6) is -0.395. The molecular formula is C22H25F3N2O4S. The first kappa shape index (κ1) is 24.1. The molecule has 1 aliphatic rings. The molecule has 2 aromatic carbocycles. The molecule has 174 valence electrons. The van der Waals surface area contributed by atoms with Gasteiger partial charge >= 0.3 is 6.18 Å². The number of amides is 1. The normalized spacial score (nSPS) is 15.8. The lowest BCUT2D eigenvalue weighted by Crippen LogP contribution is -2.32. The molecule has 0 radical (unpaired) electrons. The van der Waals surface area contributed by atoms with Crippen LogP contribution < -0.4 is 10.1 Å². The molecule has 6 nitrogen and oxygen atoms in total. The molecule has 10 heteroatoms. The third kappa shape index (κ3) is 5.60. The van der Waals surface area contributed by atoms with E-state index in [4.69, 9.17) is 4.74 Å². The standard InChI is InChI=1S/C22H25F3N2O4S/c1-31-19-11-8-17(14-20(19)32(29,30)27-12-4-2-3-5-13-27)21(28)26-15-16-6-9-18(10-7-16)22(23,24)25/h6-11,14H,2-5,12-13,15H2,1H3,(H,26,28). The highest BCUT2D eigenvalue weighted by atomic mass is 32.2. The topological polar surface area (TPSA) is 75.7 Å². The van der Waals surface area contributed by atoms with Crippen LogP contribution in [0, 0.1) is 0 Å². The maximum Gasteiger partial charge on any atom is 0.416 e. The maximum atomic E-state index is 13.2. The van der Waals surface area contributed by atoms with Crippen LogP contribution in [0.2, 0.25) is 0 Å². The summed E-state index contributed by atoms with van der Waals surface area (Å²) in [6.07, 6.45) is -0.949. The molecule has 1 saturated heterocycles. The Morgan fingerprint density at radius 1 is 1.03 bits per heavy atom. The van der Waals surface area contributed by atoms with E-state index < -0.39 is 27.7 Å². The molecule has 0 saturated carbocycles. The SMILES string of the molecule is COc1ccc(C(=O)NCc2ccc(C(F)(F)F)cc2)cc1S(=O)(=O)N1CCCCCC1.